The second-order valence-corrected chi connectivity index (χ2v) is 4.83. The number of carbonyl (C=O) groups excluding carboxylic acids is 1. The average Bonchev–Trinajstić information content (AvgIpc) is 2.37. The first-order chi connectivity index (χ1) is 9.06. The molecule has 0 unspecified atom stereocenters. The Bertz CT molecular complexity index is 428. The highest BCUT2D eigenvalue weighted by Gasteiger charge is 2.10. The molecule has 2 N–H and O–H groups in total. The van der Waals surface area contributed by atoms with E-state index in [9.17, 15) is 4.79 Å². The molecule has 0 radical (unpaired) electrons. The molecule has 4 nitrogen and oxygen atoms in total. The second kappa shape index (κ2) is 9.86. The number of benzene rings is 1. The molecule has 0 spiro atoms. The lowest BCUT2D eigenvalue weighted by molar-refractivity contribution is -0.120. The molecular weight excluding hydrogens is 299 g/mol. The van der Waals surface area contributed by atoms with Gasteiger partial charge in [0.25, 0.3) is 0 Å². The number of hydrogen-bond acceptors (Lipinski definition) is 3. The fourth-order valence-corrected chi connectivity index (χ4v) is 2.00. The Labute approximate surface area is 131 Å². The summed E-state index contributed by atoms with van der Waals surface area (Å²) in [5, 5.41) is 6.72. The summed E-state index contributed by atoms with van der Waals surface area (Å²) in [5.41, 5.74) is 0.795. The van der Waals surface area contributed by atoms with Crippen LogP contribution in [0.15, 0.2) is 18.2 Å². The van der Waals surface area contributed by atoms with Gasteiger partial charge in [0.05, 0.1) is 13.5 Å². The molecule has 1 atom stereocenters. The number of amides is 1. The van der Waals surface area contributed by atoms with E-state index in [1.54, 1.807) is 25.3 Å². The van der Waals surface area contributed by atoms with Crippen LogP contribution in [0.2, 0.25) is 5.02 Å². The van der Waals surface area contributed by atoms with Crippen LogP contribution in [0.1, 0.15) is 19.4 Å². The highest BCUT2D eigenvalue weighted by atomic mass is 35.5. The summed E-state index contributed by atoms with van der Waals surface area (Å²) in [6, 6.07) is 5.53. The van der Waals surface area contributed by atoms with Gasteiger partial charge in [-0.3, -0.25) is 4.79 Å². The molecule has 1 rings (SSSR count). The molecule has 0 aromatic heterocycles. The van der Waals surface area contributed by atoms with Crippen LogP contribution in [0.25, 0.3) is 0 Å². The Balaban J connectivity index is 0.00000361. The van der Waals surface area contributed by atoms with Crippen molar-refractivity contribution in [1.82, 2.24) is 10.6 Å². The van der Waals surface area contributed by atoms with Gasteiger partial charge in [0.15, 0.2) is 0 Å². The van der Waals surface area contributed by atoms with Gasteiger partial charge in [-0.2, -0.15) is 0 Å². The SMILES string of the molecule is CCN[C@H](C)CNC(=O)Cc1cc(Cl)ccc1OC.Cl. The van der Waals surface area contributed by atoms with Crippen LogP contribution in [0, 0.1) is 0 Å². The van der Waals surface area contributed by atoms with Crippen LogP contribution in [-0.4, -0.2) is 32.1 Å². The van der Waals surface area contributed by atoms with E-state index in [2.05, 4.69) is 10.6 Å². The predicted octanol–water partition coefficient (Wildman–Crippen LogP) is 2.43. The number of rotatable bonds is 7. The summed E-state index contributed by atoms with van der Waals surface area (Å²) >= 11 is 5.93. The van der Waals surface area contributed by atoms with Crippen molar-refractivity contribution in [1.29, 1.82) is 0 Å². The smallest absolute Gasteiger partial charge is 0.224 e. The third-order valence-electron chi connectivity index (χ3n) is 2.75. The van der Waals surface area contributed by atoms with Crippen molar-refractivity contribution >= 4 is 29.9 Å². The Morgan fingerprint density at radius 2 is 2.15 bits per heavy atom. The zero-order chi connectivity index (χ0) is 14.3. The molecule has 6 heteroatoms. The van der Waals surface area contributed by atoms with Gasteiger partial charge >= 0.3 is 0 Å². The average molecular weight is 321 g/mol. The summed E-state index contributed by atoms with van der Waals surface area (Å²) in [6.07, 6.45) is 0.266. The molecule has 1 amide bonds. The number of carbonyl (C=O) groups is 1. The topological polar surface area (TPSA) is 50.4 Å². The number of hydrogen-bond donors (Lipinski definition) is 2. The van der Waals surface area contributed by atoms with Crippen LogP contribution in [-0.2, 0) is 11.2 Å². The van der Waals surface area contributed by atoms with E-state index in [1.165, 1.54) is 0 Å². The van der Waals surface area contributed by atoms with Crippen LogP contribution in [0.5, 0.6) is 5.75 Å². The second-order valence-electron chi connectivity index (χ2n) is 4.40. The highest BCUT2D eigenvalue weighted by Crippen LogP contribution is 2.22. The van der Waals surface area contributed by atoms with Crippen molar-refractivity contribution < 1.29 is 9.53 Å². The summed E-state index contributed by atoms with van der Waals surface area (Å²) < 4.78 is 5.21. The fraction of sp³-hybridized carbons (Fsp3) is 0.500. The number of likely N-dealkylation sites (N-methyl/N-ethyl adjacent to an activating group) is 1. The van der Waals surface area contributed by atoms with Crippen molar-refractivity contribution in [3.8, 4) is 5.75 Å². The molecular formula is C14H22Cl2N2O2. The first-order valence-corrected chi connectivity index (χ1v) is 6.77. The lowest BCUT2D eigenvalue weighted by atomic mass is 10.1. The van der Waals surface area contributed by atoms with Gasteiger partial charge in [0, 0.05) is 23.2 Å². The molecule has 1 aromatic carbocycles. The Hall–Kier alpha value is -0.970. The van der Waals surface area contributed by atoms with Crippen molar-refractivity contribution in [2.45, 2.75) is 26.3 Å². The maximum absolute atomic E-state index is 11.9. The highest BCUT2D eigenvalue weighted by molar-refractivity contribution is 6.30. The van der Waals surface area contributed by atoms with Crippen LogP contribution < -0.4 is 15.4 Å². The van der Waals surface area contributed by atoms with Crippen molar-refractivity contribution in [2.75, 3.05) is 20.2 Å². The molecule has 0 aliphatic heterocycles. The van der Waals surface area contributed by atoms with E-state index < -0.39 is 0 Å². The maximum Gasteiger partial charge on any atom is 0.224 e. The summed E-state index contributed by atoms with van der Waals surface area (Å²) in [7, 11) is 1.58. The van der Waals surface area contributed by atoms with E-state index >= 15 is 0 Å². The van der Waals surface area contributed by atoms with Crippen molar-refractivity contribution in [3.05, 3.63) is 28.8 Å². The summed E-state index contributed by atoms with van der Waals surface area (Å²) in [4.78, 5) is 11.9. The van der Waals surface area contributed by atoms with E-state index in [1.807, 2.05) is 13.8 Å². The third-order valence-corrected chi connectivity index (χ3v) is 2.99. The van der Waals surface area contributed by atoms with Crippen LogP contribution in [0.3, 0.4) is 0 Å². The first-order valence-electron chi connectivity index (χ1n) is 6.39. The molecule has 0 aliphatic carbocycles. The van der Waals surface area contributed by atoms with Gasteiger partial charge in [-0.05, 0) is 31.7 Å². The van der Waals surface area contributed by atoms with E-state index in [4.69, 9.17) is 16.3 Å². The normalized spacial score (nSPS) is 11.4. The Kier molecular flexibility index (Phi) is 9.38. The summed E-state index contributed by atoms with van der Waals surface area (Å²) in [6.45, 7) is 5.56. The lowest BCUT2D eigenvalue weighted by Crippen LogP contribution is -2.39. The predicted molar refractivity (Wildman–Crippen MR) is 85.1 cm³/mol. The van der Waals surface area contributed by atoms with Gasteiger partial charge in [-0.1, -0.05) is 18.5 Å². The van der Waals surface area contributed by atoms with Gasteiger partial charge in [-0.15, -0.1) is 12.4 Å². The van der Waals surface area contributed by atoms with Gasteiger partial charge in [0.1, 0.15) is 5.75 Å². The molecule has 20 heavy (non-hydrogen) atoms. The molecule has 1 aromatic rings. The molecule has 0 bridgehead atoms. The fourth-order valence-electron chi connectivity index (χ4n) is 1.81. The monoisotopic (exact) mass is 320 g/mol. The molecule has 0 fully saturated rings. The molecule has 114 valence electrons. The number of halogens is 2. The zero-order valence-corrected chi connectivity index (χ0v) is 13.6. The Morgan fingerprint density at radius 1 is 1.45 bits per heavy atom. The minimum atomic E-state index is -0.0367. The van der Waals surface area contributed by atoms with Crippen molar-refractivity contribution in [2.24, 2.45) is 0 Å². The number of nitrogens with one attached hydrogen (secondary N) is 2. The number of methoxy groups -OCH3 is 1. The maximum atomic E-state index is 11.9. The lowest BCUT2D eigenvalue weighted by Gasteiger charge is -2.14. The molecule has 0 aliphatic rings. The molecule has 0 heterocycles. The minimum absolute atomic E-state index is 0. The van der Waals surface area contributed by atoms with Gasteiger partial charge in [0.2, 0.25) is 5.91 Å². The van der Waals surface area contributed by atoms with Crippen molar-refractivity contribution in [3.63, 3.8) is 0 Å². The van der Waals surface area contributed by atoms with Crippen LogP contribution in [0.4, 0.5) is 0 Å². The third kappa shape index (κ3) is 6.46. The molecule has 0 saturated carbocycles. The summed E-state index contributed by atoms with van der Waals surface area (Å²) in [5.74, 6) is 0.643. The zero-order valence-electron chi connectivity index (χ0n) is 12.0. The standard InChI is InChI=1S/C14H21ClN2O2.ClH/c1-4-16-10(2)9-17-14(18)8-11-7-12(15)5-6-13(11)19-3;/h5-7,10,16H,4,8-9H2,1-3H3,(H,17,18);1H/t10-;/m1./s1. The van der Waals surface area contributed by atoms with Gasteiger partial charge < -0.3 is 15.4 Å². The van der Waals surface area contributed by atoms with E-state index in [0.29, 0.717) is 17.3 Å². The number of ether oxygens (including phenoxy) is 1. The largest absolute Gasteiger partial charge is 0.496 e. The van der Waals surface area contributed by atoms with E-state index in [-0.39, 0.29) is 30.8 Å². The Morgan fingerprint density at radius 3 is 2.75 bits per heavy atom. The quantitative estimate of drug-likeness (QED) is 0.811. The van der Waals surface area contributed by atoms with Gasteiger partial charge in [-0.25, -0.2) is 0 Å². The minimum Gasteiger partial charge on any atom is -0.496 e. The molecule has 0 saturated heterocycles. The van der Waals surface area contributed by atoms with Crippen LogP contribution >= 0.6 is 24.0 Å². The van der Waals surface area contributed by atoms with E-state index in [0.717, 1.165) is 12.1 Å². The first kappa shape index (κ1) is 19.0.